The van der Waals surface area contributed by atoms with E-state index < -0.39 is 0 Å². The summed E-state index contributed by atoms with van der Waals surface area (Å²) in [5.74, 6) is 0.0871. The molecule has 1 saturated heterocycles. The van der Waals surface area contributed by atoms with E-state index in [2.05, 4.69) is 33.5 Å². The lowest BCUT2D eigenvalue weighted by Crippen LogP contribution is -2.48. The Morgan fingerprint density at radius 2 is 1.93 bits per heavy atom. The van der Waals surface area contributed by atoms with Gasteiger partial charge in [0.15, 0.2) is 4.96 Å². The van der Waals surface area contributed by atoms with Gasteiger partial charge in [-0.25, -0.2) is 4.98 Å². The third kappa shape index (κ3) is 3.32. The van der Waals surface area contributed by atoms with Crippen LogP contribution in [0.15, 0.2) is 52.8 Å². The van der Waals surface area contributed by atoms with Crippen molar-refractivity contribution in [1.82, 2.24) is 23.8 Å². The monoisotopic (exact) mass is 421 g/mol. The summed E-state index contributed by atoms with van der Waals surface area (Å²) in [6.07, 6.45) is 1.75. The highest BCUT2D eigenvalue weighted by atomic mass is 32.1. The molecule has 0 bridgehead atoms. The molecule has 0 atom stereocenters. The maximum absolute atomic E-state index is 13.2. The Morgan fingerprint density at radius 1 is 1.13 bits per heavy atom. The van der Waals surface area contributed by atoms with Crippen molar-refractivity contribution in [2.75, 3.05) is 26.2 Å². The Labute approximate surface area is 177 Å². The second-order valence-corrected chi connectivity index (χ2v) is 8.42. The van der Waals surface area contributed by atoms with Crippen molar-refractivity contribution in [2.45, 2.75) is 20.0 Å². The van der Waals surface area contributed by atoms with Gasteiger partial charge in [-0.05, 0) is 19.1 Å². The summed E-state index contributed by atoms with van der Waals surface area (Å²) >= 11 is 1.46. The molecule has 0 spiro atoms. The second-order valence-electron chi connectivity index (χ2n) is 7.54. The summed E-state index contributed by atoms with van der Waals surface area (Å²) in [7, 11) is 0. The topological polar surface area (TPSA) is 62.9 Å². The molecule has 7 nitrogen and oxygen atoms in total. The van der Waals surface area contributed by atoms with Crippen LogP contribution >= 0.6 is 11.3 Å². The first-order valence-electron chi connectivity index (χ1n) is 10.2. The van der Waals surface area contributed by atoms with Gasteiger partial charge in [0.2, 0.25) is 0 Å². The maximum Gasteiger partial charge on any atom is 0.270 e. The minimum absolute atomic E-state index is 0.0440. The minimum Gasteiger partial charge on any atom is -0.337 e. The van der Waals surface area contributed by atoms with Gasteiger partial charge in [-0.1, -0.05) is 18.2 Å². The second kappa shape index (κ2) is 7.70. The lowest BCUT2D eigenvalue weighted by molar-refractivity contribution is 0.0617. The summed E-state index contributed by atoms with van der Waals surface area (Å²) in [5, 5.41) is 2.97. The van der Waals surface area contributed by atoms with Crippen molar-refractivity contribution in [3.63, 3.8) is 0 Å². The smallest absolute Gasteiger partial charge is 0.270 e. The number of amides is 1. The summed E-state index contributed by atoms with van der Waals surface area (Å²) in [6.45, 7) is 6.34. The van der Waals surface area contributed by atoms with Crippen LogP contribution in [0.4, 0.5) is 0 Å². The van der Waals surface area contributed by atoms with Gasteiger partial charge in [-0.2, -0.15) is 0 Å². The predicted octanol–water partition coefficient (Wildman–Crippen LogP) is 2.69. The number of hydrogen-bond acceptors (Lipinski definition) is 5. The third-order valence-electron chi connectivity index (χ3n) is 5.75. The Hall–Kier alpha value is -2.97. The average Bonchev–Trinajstić information content (AvgIpc) is 3.38. The number of para-hydroxylation sites is 1. The highest BCUT2D eigenvalue weighted by Crippen LogP contribution is 2.22. The number of fused-ring (bicyclic) bond motifs is 2. The van der Waals surface area contributed by atoms with Crippen molar-refractivity contribution >= 4 is 33.1 Å². The molecular formula is C22H23N5O2S. The molecule has 0 unspecified atom stereocenters. The summed E-state index contributed by atoms with van der Waals surface area (Å²) in [4.78, 5) is 34.9. The number of benzene rings is 1. The predicted molar refractivity (Wildman–Crippen MR) is 118 cm³/mol. The van der Waals surface area contributed by atoms with E-state index in [4.69, 9.17) is 0 Å². The van der Waals surface area contributed by atoms with Crippen LogP contribution < -0.4 is 5.56 Å². The van der Waals surface area contributed by atoms with Crippen LogP contribution in [0.5, 0.6) is 0 Å². The van der Waals surface area contributed by atoms with Crippen molar-refractivity contribution in [2.24, 2.45) is 0 Å². The lowest BCUT2D eigenvalue weighted by atomic mass is 10.2. The van der Waals surface area contributed by atoms with Crippen molar-refractivity contribution < 1.29 is 4.79 Å². The van der Waals surface area contributed by atoms with E-state index in [-0.39, 0.29) is 11.5 Å². The van der Waals surface area contributed by atoms with Crippen LogP contribution in [-0.2, 0) is 13.1 Å². The SMILES string of the molecule is CCn1c(C(=O)N2CCN(Cc3cc(=O)n4ccsc4n3)CC2)cc2ccccc21. The number of nitrogens with zero attached hydrogens (tertiary/aromatic N) is 5. The molecule has 1 aliphatic rings. The first kappa shape index (κ1) is 19.0. The fourth-order valence-corrected chi connectivity index (χ4v) is 4.94. The van der Waals surface area contributed by atoms with Crippen molar-refractivity contribution in [3.05, 3.63) is 69.7 Å². The van der Waals surface area contributed by atoms with Gasteiger partial charge >= 0.3 is 0 Å². The van der Waals surface area contributed by atoms with E-state index in [1.165, 1.54) is 11.3 Å². The number of hydrogen-bond donors (Lipinski definition) is 0. The zero-order valence-electron chi connectivity index (χ0n) is 16.8. The van der Waals surface area contributed by atoms with Gasteiger partial charge in [0.25, 0.3) is 11.5 Å². The molecule has 0 radical (unpaired) electrons. The maximum atomic E-state index is 13.2. The molecule has 0 N–H and O–H groups in total. The quantitative estimate of drug-likeness (QED) is 0.508. The molecule has 3 aromatic heterocycles. The number of carbonyl (C=O) groups is 1. The first-order chi connectivity index (χ1) is 14.6. The van der Waals surface area contributed by atoms with Gasteiger partial charge in [0, 0.05) is 67.8 Å². The van der Waals surface area contributed by atoms with Crippen LogP contribution in [-0.4, -0.2) is 55.8 Å². The number of rotatable bonds is 4. The molecule has 1 aromatic carbocycles. The van der Waals surface area contributed by atoms with E-state index in [9.17, 15) is 9.59 Å². The number of aryl methyl sites for hydroxylation is 1. The van der Waals surface area contributed by atoms with Crippen LogP contribution in [0.2, 0.25) is 0 Å². The molecule has 8 heteroatoms. The van der Waals surface area contributed by atoms with Gasteiger partial charge in [0.1, 0.15) is 5.69 Å². The highest BCUT2D eigenvalue weighted by molar-refractivity contribution is 7.15. The molecule has 30 heavy (non-hydrogen) atoms. The van der Waals surface area contributed by atoms with Gasteiger partial charge in [-0.3, -0.25) is 18.9 Å². The molecule has 1 aliphatic heterocycles. The molecule has 154 valence electrons. The minimum atomic E-state index is -0.0440. The number of aromatic nitrogens is 3. The molecule has 0 aliphatic carbocycles. The van der Waals surface area contributed by atoms with E-state index >= 15 is 0 Å². The summed E-state index contributed by atoms with van der Waals surface area (Å²) in [5.41, 5.74) is 2.60. The summed E-state index contributed by atoms with van der Waals surface area (Å²) < 4.78 is 3.66. The Kier molecular flexibility index (Phi) is 4.88. The molecular weight excluding hydrogens is 398 g/mol. The van der Waals surface area contributed by atoms with Crippen LogP contribution in [0.25, 0.3) is 15.9 Å². The lowest BCUT2D eigenvalue weighted by Gasteiger charge is -2.34. The van der Waals surface area contributed by atoms with E-state index in [0.717, 1.165) is 46.9 Å². The Bertz CT molecular complexity index is 1280. The van der Waals surface area contributed by atoms with Crippen LogP contribution in [0.3, 0.4) is 0 Å². The standard InChI is InChI=1S/C22H23N5O2S/c1-2-26-18-6-4-3-5-16(18)13-19(26)21(29)25-9-7-24(8-10-25)15-17-14-20(28)27-11-12-30-22(27)23-17/h3-6,11-14H,2,7-10,15H2,1H3. The van der Waals surface area contributed by atoms with Crippen LogP contribution in [0, 0.1) is 0 Å². The Balaban J connectivity index is 1.28. The normalized spacial score (nSPS) is 15.3. The van der Waals surface area contributed by atoms with E-state index in [0.29, 0.717) is 19.6 Å². The van der Waals surface area contributed by atoms with Crippen molar-refractivity contribution in [3.8, 4) is 0 Å². The van der Waals surface area contributed by atoms with E-state index in [1.807, 2.05) is 28.5 Å². The van der Waals surface area contributed by atoms with E-state index in [1.54, 1.807) is 16.7 Å². The van der Waals surface area contributed by atoms with Crippen molar-refractivity contribution in [1.29, 1.82) is 0 Å². The molecule has 4 aromatic rings. The average molecular weight is 422 g/mol. The molecule has 5 rings (SSSR count). The number of thiazole rings is 1. The molecule has 1 amide bonds. The number of piperazine rings is 1. The first-order valence-corrected chi connectivity index (χ1v) is 11.1. The molecule has 0 saturated carbocycles. The zero-order chi connectivity index (χ0) is 20.7. The van der Waals surface area contributed by atoms with Crippen LogP contribution in [0.1, 0.15) is 23.1 Å². The summed E-state index contributed by atoms with van der Waals surface area (Å²) in [6, 6.07) is 11.7. The Morgan fingerprint density at radius 3 is 2.73 bits per heavy atom. The zero-order valence-corrected chi connectivity index (χ0v) is 17.6. The third-order valence-corrected chi connectivity index (χ3v) is 6.50. The number of carbonyl (C=O) groups excluding carboxylic acids is 1. The molecule has 1 fully saturated rings. The largest absolute Gasteiger partial charge is 0.337 e. The highest BCUT2D eigenvalue weighted by Gasteiger charge is 2.25. The fourth-order valence-electron chi connectivity index (χ4n) is 4.20. The molecule has 4 heterocycles. The van der Waals surface area contributed by atoms with Gasteiger partial charge < -0.3 is 9.47 Å². The van der Waals surface area contributed by atoms with Gasteiger partial charge in [0.05, 0.1) is 5.69 Å². The fraction of sp³-hybridized carbons (Fsp3) is 0.318. The van der Waals surface area contributed by atoms with Gasteiger partial charge in [-0.15, -0.1) is 11.3 Å².